The van der Waals surface area contributed by atoms with Crippen molar-refractivity contribution in [3.63, 3.8) is 0 Å². The first kappa shape index (κ1) is 47.8. The zero-order chi connectivity index (χ0) is 41.5. The second-order valence-corrected chi connectivity index (χ2v) is 15.7. The molecule has 0 aliphatic heterocycles. The van der Waals surface area contributed by atoms with Crippen LogP contribution in [0.1, 0.15) is 92.9 Å². The number of aromatic hydroxyl groups is 2. The largest absolute Gasteiger partial charge is 0.508 e. The first-order valence-electron chi connectivity index (χ1n) is 19.3. The number of ketones is 1. The first-order chi connectivity index (χ1) is 27.2. The van der Waals surface area contributed by atoms with Gasteiger partial charge in [0, 0.05) is 34.8 Å². The Bertz CT molecular complexity index is 1910. The number of nitrogens with one attached hydrogen (secondary N) is 2. The van der Waals surface area contributed by atoms with E-state index in [0.29, 0.717) is 41.3 Å². The molecule has 6 atom stereocenters. The lowest BCUT2D eigenvalue weighted by atomic mass is 9.96. The van der Waals surface area contributed by atoms with Crippen molar-refractivity contribution in [3.8, 4) is 11.5 Å². The van der Waals surface area contributed by atoms with Crippen LogP contribution in [0.5, 0.6) is 11.5 Å². The van der Waals surface area contributed by atoms with Gasteiger partial charge in [-0.3, -0.25) is 19.2 Å². The highest BCUT2D eigenvalue weighted by Crippen LogP contribution is 2.39. The lowest BCUT2D eigenvalue weighted by Gasteiger charge is -2.17. The second-order valence-electron chi connectivity index (χ2n) is 14.8. The fraction of sp³-hybridized carbons (Fsp3) is 0.378. The van der Waals surface area contributed by atoms with Gasteiger partial charge in [-0.25, -0.2) is 0 Å². The average molecular weight is 855 g/mol. The molecule has 0 radical (unpaired) electrons. The van der Waals surface area contributed by atoms with E-state index in [1.54, 1.807) is 31.2 Å². The number of halogens is 3. The number of Topliss-reactive ketones (excluding diaryl/α,β-unsaturated/α-hetero) is 1. The Hall–Kier alpha value is -4.61. The molecule has 2 aliphatic rings. The highest BCUT2D eigenvalue weighted by molar-refractivity contribution is 6.31. The molecule has 0 bridgehead atoms. The molecule has 2 aliphatic carbocycles. The molecular formula is C45H54Cl3N3O7. The van der Waals surface area contributed by atoms with Gasteiger partial charge in [0.1, 0.15) is 17.5 Å². The van der Waals surface area contributed by atoms with E-state index in [-0.39, 0.29) is 53.3 Å². The van der Waals surface area contributed by atoms with Crippen LogP contribution in [0.25, 0.3) is 0 Å². The summed E-state index contributed by atoms with van der Waals surface area (Å²) in [6.45, 7) is 3.62. The van der Waals surface area contributed by atoms with E-state index in [0.717, 1.165) is 49.7 Å². The van der Waals surface area contributed by atoms with Crippen LogP contribution in [-0.2, 0) is 32.1 Å². The minimum Gasteiger partial charge on any atom is -0.508 e. The van der Waals surface area contributed by atoms with E-state index in [9.17, 15) is 24.3 Å². The summed E-state index contributed by atoms with van der Waals surface area (Å²) >= 11 is 11.5. The van der Waals surface area contributed by atoms with Crippen molar-refractivity contribution in [2.45, 2.75) is 95.7 Å². The number of nitrogens with two attached hydrogens (primary N) is 1. The number of amides is 2. The summed E-state index contributed by atoms with van der Waals surface area (Å²) in [5.41, 5.74) is 9.51. The molecule has 13 heteroatoms. The third kappa shape index (κ3) is 15.3. The number of carbonyl (C=O) groups excluding carboxylic acids is 3. The molecule has 2 fully saturated rings. The molecule has 2 amide bonds. The zero-order valence-electron chi connectivity index (χ0n) is 32.8. The number of carboxylic acids is 1. The van der Waals surface area contributed by atoms with E-state index >= 15 is 0 Å². The topological polar surface area (TPSA) is 179 Å². The van der Waals surface area contributed by atoms with Crippen molar-refractivity contribution < 1.29 is 34.5 Å². The Morgan fingerprint density at radius 1 is 0.672 bits per heavy atom. The minimum atomic E-state index is -0.994. The van der Waals surface area contributed by atoms with Crippen molar-refractivity contribution in [2.24, 2.45) is 17.6 Å². The lowest BCUT2D eigenvalue weighted by Crippen LogP contribution is -2.41. The lowest BCUT2D eigenvalue weighted by molar-refractivity contribution is -0.141. The smallest absolute Gasteiger partial charge is 0.325 e. The van der Waals surface area contributed by atoms with Gasteiger partial charge >= 0.3 is 5.97 Å². The third-order valence-corrected chi connectivity index (χ3v) is 10.9. The van der Waals surface area contributed by atoms with Crippen molar-refractivity contribution in [2.75, 3.05) is 0 Å². The summed E-state index contributed by atoms with van der Waals surface area (Å²) in [5, 5.41) is 33.8. The molecule has 0 aromatic heterocycles. The van der Waals surface area contributed by atoms with E-state index < -0.39 is 18.1 Å². The van der Waals surface area contributed by atoms with E-state index in [4.69, 9.17) is 39.1 Å². The van der Waals surface area contributed by atoms with Gasteiger partial charge in [0.05, 0.1) is 6.04 Å². The normalized spacial score (nSPS) is 19.1. The fourth-order valence-corrected chi connectivity index (χ4v) is 7.82. The van der Waals surface area contributed by atoms with Gasteiger partial charge in [0.15, 0.2) is 5.78 Å². The number of carbonyl (C=O) groups is 4. The number of phenolic OH excluding ortho intramolecular Hbond substituents is 2. The van der Waals surface area contributed by atoms with Crippen molar-refractivity contribution in [3.05, 3.63) is 129 Å². The van der Waals surface area contributed by atoms with Crippen molar-refractivity contribution >= 4 is 59.2 Å². The molecule has 0 heterocycles. The summed E-state index contributed by atoms with van der Waals surface area (Å²) in [6.07, 6.45) is 6.09. The van der Waals surface area contributed by atoms with Crippen LogP contribution < -0.4 is 16.4 Å². The Kier molecular flexibility index (Phi) is 19.5. The van der Waals surface area contributed by atoms with Crippen molar-refractivity contribution in [1.82, 2.24) is 10.6 Å². The molecule has 4 aromatic carbocycles. The summed E-state index contributed by atoms with van der Waals surface area (Å²) < 4.78 is 0. The number of aliphatic carboxylic acids is 1. The summed E-state index contributed by atoms with van der Waals surface area (Å²) in [6, 6.07) is 28.7. The highest BCUT2D eigenvalue weighted by atomic mass is 35.5. The maximum atomic E-state index is 12.6. The predicted molar refractivity (Wildman–Crippen MR) is 231 cm³/mol. The Morgan fingerprint density at radius 2 is 1.10 bits per heavy atom. The van der Waals surface area contributed by atoms with Gasteiger partial charge in [-0.15, -0.1) is 12.4 Å². The number of benzene rings is 4. The second kappa shape index (κ2) is 23.7. The molecule has 6 rings (SSSR count). The number of rotatable bonds is 12. The first-order valence-corrected chi connectivity index (χ1v) is 20.1. The molecule has 0 saturated heterocycles. The van der Waals surface area contributed by atoms with Crippen LogP contribution in [0.3, 0.4) is 0 Å². The number of carboxylic acid groups (broad SMARTS) is 1. The number of phenols is 2. The van der Waals surface area contributed by atoms with Crippen LogP contribution >= 0.6 is 35.6 Å². The van der Waals surface area contributed by atoms with E-state index in [1.807, 2.05) is 36.4 Å². The van der Waals surface area contributed by atoms with Crippen LogP contribution in [0.15, 0.2) is 97.1 Å². The van der Waals surface area contributed by atoms with Crippen LogP contribution in [0.4, 0.5) is 0 Å². The van der Waals surface area contributed by atoms with Gasteiger partial charge in [-0.05, 0) is 129 Å². The maximum Gasteiger partial charge on any atom is 0.325 e. The van der Waals surface area contributed by atoms with Crippen LogP contribution in [-0.4, -0.2) is 51.0 Å². The SMILES string of the molecule is C[C@H](NC(=O)[C@@H]1CC[C@@H](c2ccccc2)C1)C(=O)CCc1cc(O)cc(Cl)c1.C[C@H](NC(=O)[C@@H]1CC[C@@H](c2ccccc2)C1)C(=O)O.Cl.NCc1cc(O)cc(Cl)c1. The molecule has 2 saturated carbocycles. The molecule has 312 valence electrons. The highest BCUT2D eigenvalue weighted by Gasteiger charge is 2.33. The van der Waals surface area contributed by atoms with Gasteiger partial charge in [0.25, 0.3) is 0 Å². The van der Waals surface area contributed by atoms with E-state index in [1.165, 1.54) is 30.2 Å². The number of hydrogen-bond acceptors (Lipinski definition) is 7. The van der Waals surface area contributed by atoms with E-state index in [2.05, 4.69) is 34.9 Å². The molecule has 4 aromatic rings. The van der Waals surface area contributed by atoms with Gasteiger partial charge in [0.2, 0.25) is 11.8 Å². The fourth-order valence-electron chi connectivity index (χ4n) is 7.31. The quantitative estimate of drug-likeness (QED) is 0.0819. The Morgan fingerprint density at radius 3 is 1.53 bits per heavy atom. The summed E-state index contributed by atoms with van der Waals surface area (Å²) in [7, 11) is 0. The summed E-state index contributed by atoms with van der Waals surface area (Å²) in [5.74, 6) is -0.198. The maximum absolute atomic E-state index is 12.6. The molecule has 58 heavy (non-hydrogen) atoms. The molecule has 10 nitrogen and oxygen atoms in total. The molecular weight excluding hydrogens is 801 g/mol. The number of aryl methyl sites for hydroxylation is 1. The standard InChI is InChI=1S/C23H26ClNO3.C15H19NO3.C7H8ClNO.ClH/c1-15(22(27)10-7-16-11-20(24)14-21(26)12-16)25-23(28)19-9-8-18(13-19)17-5-3-2-4-6-17;1-10(15(18)19)16-14(17)13-8-7-12(9-13)11-5-3-2-4-6-11;8-6-1-5(4-9)2-7(10)3-6;/h2-6,11-12,14-15,18-19,26H,7-10,13H2,1H3,(H,25,28);2-6,10,12-13H,7-9H2,1H3,(H,16,17)(H,18,19);1-3,10H,4,9H2;1H/t15-,18+,19+;10-,12+,13+;;/m00../s1. The van der Waals surface area contributed by atoms with Gasteiger partial charge < -0.3 is 31.7 Å². The Balaban J connectivity index is 0.000000258. The minimum absolute atomic E-state index is 0. The van der Waals surface area contributed by atoms with Crippen LogP contribution in [0, 0.1) is 11.8 Å². The zero-order valence-corrected chi connectivity index (χ0v) is 35.1. The van der Waals surface area contributed by atoms with Crippen LogP contribution in [0.2, 0.25) is 10.0 Å². The predicted octanol–water partition coefficient (Wildman–Crippen LogP) is 8.72. The molecule has 7 N–H and O–H groups in total. The average Bonchev–Trinajstić information content (AvgIpc) is 3.89. The molecule has 0 spiro atoms. The summed E-state index contributed by atoms with van der Waals surface area (Å²) in [4.78, 5) is 47.7. The van der Waals surface area contributed by atoms with Gasteiger partial charge in [-0.2, -0.15) is 0 Å². The number of hydrogen-bond donors (Lipinski definition) is 6. The monoisotopic (exact) mass is 853 g/mol. The van der Waals surface area contributed by atoms with Gasteiger partial charge in [-0.1, -0.05) is 83.9 Å². The Labute approximate surface area is 356 Å². The third-order valence-electron chi connectivity index (χ3n) is 10.5. The molecule has 0 unspecified atom stereocenters. The van der Waals surface area contributed by atoms with Crippen molar-refractivity contribution in [1.29, 1.82) is 0 Å².